The van der Waals surface area contributed by atoms with E-state index in [4.69, 9.17) is 11.6 Å². The number of halogens is 1. The van der Waals surface area contributed by atoms with Crippen LogP contribution in [-0.2, 0) is 13.5 Å². The summed E-state index contributed by atoms with van der Waals surface area (Å²) in [4.78, 5) is 15.9. The molecule has 0 aliphatic rings. The molecule has 1 N–H and O–H groups in total. The summed E-state index contributed by atoms with van der Waals surface area (Å²) < 4.78 is 1.82. The second-order valence-corrected chi connectivity index (χ2v) is 4.57. The van der Waals surface area contributed by atoms with Gasteiger partial charge < -0.3 is 9.88 Å². The Labute approximate surface area is 115 Å². The Morgan fingerprint density at radius 2 is 2.26 bits per heavy atom. The van der Waals surface area contributed by atoms with Crippen molar-refractivity contribution in [2.45, 2.75) is 13.3 Å². The van der Waals surface area contributed by atoms with Gasteiger partial charge >= 0.3 is 0 Å². The molecule has 6 nitrogen and oxygen atoms in total. The van der Waals surface area contributed by atoms with E-state index in [2.05, 4.69) is 20.5 Å². The van der Waals surface area contributed by atoms with Crippen molar-refractivity contribution < 1.29 is 4.79 Å². The van der Waals surface area contributed by atoms with Crippen LogP contribution < -0.4 is 5.32 Å². The van der Waals surface area contributed by atoms with Crippen molar-refractivity contribution in [3.63, 3.8) is 0 Å². The van der Waals surface area contributed by atoms with Crippen LogP contribution in [-0.4, -0.2) is 32.2 Å². The highest BCUT2D eigenvalue weighted by Crippen LogP contribution is 2.10. The predicted octanol–water partition coefficient (Wildman–Crippen LogP) is 1.14. The zero-order valence-corrected chi connectivity index (χ0v) is 11.5. The molecule has 0 radical (unpaired) electrons. The molecule has 0 aliphatic heterocycles. The third-order valence-corrected chi connectivity index (χ3v) is 2.82. The molecule has 2 heterocycles. The number of aryl methyl sites for hydroxylation is 2. The number of carbonyl (C=O) groups excluding carboxylic acids is 1. The number of aromatic nitrogens is 4. The lowest BCUT2D eigenvalue weighted by atomic mass is 10.2. The second-order valence-electron chi connectivity index (χ2n) is 4.18. The molecule has 0 atom stereocenters. The lowest BCUT2D eigenvalue weighted by Crippen LogP contribution is -2.26. The Morgan fingerprint density at radius 1 is 1.47 bits per heavy atom. The fourth-order valence-corrected chi connectivity index (χ4v) is 1.93. The maximum absolute atomic E-state index is 11.9. The van der Waals surface area contributed by atoms with Crippen LogP contribution in [0.2, 0.25) is 5.15 Å². The maximum Gasteiger partial charge on any atom is 0.251 e. The SMILES string of the molecule is Cc1cc(C(=O)NCCc2nncn2C)cc(Cl)n1. The van der Waals surface area contributed by atoms with E-state index < -0.39 is 0 Å². The van der Waals surface area contributed by atoms with Crippen molar-refractivity contribution in [1.29, 1.82) is 0 Å². The molecule has 2 aromatic rings. The minimum atomic E-state index is -0.172. The highest BCUT2D eigenvalue weighted by Gasteiger charge is 2.08. The summed E-state index contributed by atoms with van der Waals surface area (Å²) in [6, 6.07) is 3.25. The van der Waals surface area contributed by atoms with Gasteiger partial charge in [-0.2, -0.15) is 0 Å². The van der Waals surface area contributed by atoms with E-state index in [1.165, 1.54) is 0 Å². The number of hydrogen-bond donors (Lipinski definition) is 1. The van der Waals surface area contributed by atoms with Crippen LogP contribution in [0.15, 0.2) is 18.5 Å². The molecule has 1 amide bonds. The largest absolute Gasteiger partial charge is 0.352 e. The molecular weight excluding hydrogens is 266 g/mol. The lowest BCUT2D eigenvalue weighted by molar-refractivity contribution is 0.0953. The Balaban J connectivity index is 1.92. The normalized spacial score (nSPS) is 10.5. The highest BCUT2D eigenvalue weighted by atomic mass is 35.5. The first kappa shape index (κ1) is 13.5. The molecule has 0 aromatic carbocycles. The quantitative estimate of drug-likeness (QED) is 0.852. The number of carbonyl (C=O) groups is 1. The Kier molecular flexibility index (Phi) is 4.11. The number of pyridine rings is 1. The third-order valence-electron chi connectivity index (χ3n) is 2.62. The topological polar surface area (TPSA) is 72.7 Å². The van der Waals surface area contributed by atoms with E-state index in [9.17, 15) is 4.79 Å². The van der Waals surface area contributed by atoms with Gasteiger partial charge in [0.15, 0.2) is 0 Å². The first-order valence-electron chi connectivity index (χ1n) is 5.81. The summed E-state index contributed by atoms with van der Waals surface area (Å²) in [6.45, 7) is 2.28. The number of nitrogens with one attached hydrogen (secondary N) is 1. The van der Waals surface area contributed by atoms with Gasteiger partial charge in [0.2, 0.25) is 0 Å². The lowest BCUT2D eigenvalue weighted by Gasteiger charge is -2.06. The maximum atomic E-state index is 11.9. The molecule has 2 aromatic heterocycles. The van der Waals surface area contributed by atoms with E-state index in [1.54, 1.807) is 25.4 Å². The van der Waals surface area contributed by atoms with Crippen LogP contribution >= 0.6 is 11.6 Å². The summed E-state index contributed by atoms with van der Waals surface area (Å²) in [6.07, 6.45) is 2.25. The minimum Gasteiger partial charge on any atom is -0.352 e. The summed E-state index contributed by atoms with van der Waals surface area (Å²) >= 11 is 5.82. The van der Waals surface area contributed by atoms with Crippen LogP contribution in [0.4, 0.5) is 0 Å². The highest BCUT2D eigenvalue weighted by molar-refractivity contribution is 6.29. The second kappa shape index (κ2) is 5.79. The molecule has 0 bridgehead atoms. The fraction of sp³-hybridized carbons (Fsp3) is 0.333. The zero-order valence-electron chi connectivity index (χ0n) is 10.7. The average Bonchev–Trinajstić information content (AvgIpc) is 2.74. The van der Waals surface area contributed by atoms with Gasteiger partial charge in [0.1, 0.15) is 17.3 Å². The fourth-order valence-electron chi connectivity index (χ4n) is 1.68. The number of rotatable bonds is 4. The molecule has 0 saturated heterocycles. The van der Waals surface area contributed by atoms with Crippen molar-refractivity contribution in [1.82, 2.24) is 25.1 Å². The van der Waals surface area contributed by atoms with Crippen LogP contribution in [0.5, 0.6) is 0 Å². The zero-order chi connectivity index (χ0) is 13.8. The molecule has 0 unspecified atom stereocenters. The molecule has 19 heavy (non-hydrogen) atoms. The van der Waals surface area contributed by atoms with Crippen LogP contribution in [0.3, 0.4) is 0 Å². The van der Waals surface area contributed by atoms with Gasteiger partial charge in [0, 0.05) is 31.3 Å². The third kappa shape index (κ3) is 3.51. The molecule has 0 saturated carbocycles. The Hall–Kier alpha value is -1.95. The summed E-state index contributed by atoms with van der Waals surface area (Å²) in [5.74, 6) is 0.652. The van der Waals surface area contributed by atoms with Gasteiger partial charge in [0.25, 0.3) is 5.91 Å². The molecule has 7 heteroatoms. The first-order chi connectivity index (χ1) is 9.06. The van der Waals surface area contributed by atoms with Crippen molar-refractivity contribution in [2.75, 3.05) is 6.54 Å². The Bertz CT molecular complexity index is 575. The molecule has 2 rings (SSSR count). The van der Waals surface area contributed by atoms with E-state index in [0.717, 1.165) is 5.82 Å². The van der Waals surface area contributed by atoms with Gasteiger partial charge in [-0.25, -0.2) is 4.98 Å². The van der Waals surface area contributed by atoms with Crippen molar-refractivity contribution in [3.8, 4) is 0 Å². The average molecular weight is 280 g/mol. The summed E-state index contributed by atoms with van der Waals surface area (Å²) in [5, 5.41) is 10.8. The number of nitrogens with zero attached hydrogens (tertiary/aromatic N) is 4. The molecule has 100 valence electrons. The molecule has 0 fully saturated rings. The van der Waals surface area contributed by atoms with Gasteiger partial charge in [0.05, 0.1) is 0 Å². The monoisotopic (exact) mass is 279 g/mol. The summed E-state index contributed by atoms with van der Waals surface area (Å²) in [5.41, 5.74) is 1.22. The predicted molar refractivity (Wildman–Crippen MR) is 71.0 cm³/mol. The summed E-state index contributed by atoms with van der Waals surface area (Å²) in [7, 11) is 1.86. The standard InChI is InChI=1S/C12H14ClN5O/c1-8-5-9(6-10(13)16-8)12(19)14-4-3-11-17-15-7-18(11)2/h5-7H,3-4H2,1-2H3,(H,14,19). The minimum absolute atomic E-state index is 0.172. The first-order valence-corrected chi connectivity index (χ1v) is 6.19. The van der Waals surface area contributed by atoms with Crippen molar-refractivity contribution in [2.24, 2.45) is 7.05 Å². The number of hydrogen-bond acceptors (Lipinski definition) is 4. The number of amides is 1. The smallest absolute Gasteiger partial charge is 0.251 e. The van der Waals surface area contributed by atoms with E-state index in [0.29, 0.717) is 29.4 Å². The van der Waals surface area contributed by atoms with Gasteiger partial charge in [-0.1, -0.05) is 11.6 Å². The van der Waals surface area contributed by atoms with Crippen molar-refractivity contribution in [3.05, 3.63) is 40.7 Å². The van der Waals surface area contributed by atoms with Crippen LogP contribution in [0, 0.1) is 6.92 Å². The molecule has 0 spiro atoms. The van der Waals surface area contributed by atoms with Crippen molar-refractivity contribution >= 4 is 17.5 Å². The van der Waals surface area contributed by atoms with E-state index in [-0.39, 0.29) is 5.91 Å². The van der Waals surface area contributed by atoms with E-state index in [1.807, 2.05) is 11.6 Å². The van der Waals surface area contributed by atoms with Crippen LogP contribution in [0.25, 0.3) is 0 Å². The van der Waals surface area contributed by atoms with Gasteiger partial charge in [-0.3, -0.25) is 4.79 Å². The molecule has 0 aliphatic carbocycles. The Morgan fingerprint density at radius 3 is 2.89 bits per heavy atom. The van der Waals surface area contributed by atoms with Crippen LogP contribution in [0.1, 0.15) is 21.9 Å². The van der Waals surface area contributed by atoms with Gasteiger partial charge in [-0.15, -0.1) is 10.2 Å². The van der Waals surface area contributed by atoms with Gasteiger partial charge in [-0.05, 0) is 19.1 Å². The molecular formula is C12H14ClN5O. The van der Waals surface area contributed by atoms with E-state index >= 15 is 0 Å².